The molecule has 9 nitrogen and oxygen atoms in total. The van der Waals surface area contributed by atoms with Crippen LogP contribution in [-0.4, -0.2) is 57.0 Å². The summed E-state index contributed by atoms with van der Waals surface area (Å²) in [7, 11) is -4.40. The van der Waals surface area contributed by atoms with Crippen molar-refractivity contribution in [2.45, 2.75) is 50.7 Å². The standard InChI is InChI=1S/C30H33F2N3O6S/c1-4-20(2)33-30(37)21(3)34(18-22-5-7-23(31)8-6-22)29(36)19-35(25-11-9-24(32)10-12-25)42(38,39)26-13-14-27-28(17-26)41-16-15-40-27/h5-14,17,20-21H,4,15-16,18-19H2,1-3H3,(H,33,37)/t20-,21-/m1/s1. The zero-order valence-electron chi connectivity index (χ0n) is 23.5. The minimum Gasteiger partial charge on any atom is -0.486 e. The number of carbonyl (C=O) groups is 2. The van der Waals surface area contributed by atoms with Crippen molar-refractivity contribution in [1.29, 1.82) is 0 Å². The van der Waals surface area contributed by atoms with E-state index in [4.69, 9.17) is 9.47 Å². The highest BCUT2D eigenvalue weighted by Gasteiger charge is 2.33. The van der Waals surface area contributed by atoms with E-state index in [0.29, 0.717) is 24.3 Å². The van der Waals surface area contributed by atoms with Crippen LogP contribution in [0.1, 0.15) is 32.8 Å². The summed E-state index contributed by atoms with van der Waals surface area (Å²) < 4.78 is 67.3. The van der Waals surface area contributed by atoms with Crippen LogP contribution < -0.4 is 19.1 Å². The van der Waals surface area contributed by atoms with Gasteiger partial charge in [0.25, 0.3) is 10.0 Å². The van der Waals surface area contributed by atoms with Crippen molar-refractivity contribution < 1.29 is 36.3 Å². The molecule has 12 heteroatoms. The average Bonchev–Trinajstić information content (AvgIpc) is 2.99. The number of benzene rings is 3. The third-order valence-electron chi connectivity index (χ3n) is 6.93. The molecule has 1 heterocycles. The molecule has 0 saturated carbocycles. The predicted octanol–water partition coefficient (Wildman–Crippen LogP) is 4.26. The fourth-order valence-electron chi connectivity index (χ4n) is 4.28. The summed E-state index contributed by atoms with van der Waals surface area (Å²) in [6, 6.07) is 13.1. The van der Waals surface area contributed by atoms with Crippen molar-refractivity contribution in [3.63, 3.8) is 0 Å². The SMILES string of the molecule is CC[C@@H](C)NC(=O)[C@@H](C)N(Cc1ccc(F)cc1)C(=O)CN(c1ccc(F)cc1)S(=O)(=O)c1ccc2c(c1)OCCO2. The van der Waals surface area contributed by atoms with Gasteiger partial charge in [-0.1, -0.05) is 19.1 Å². The van der Waals surface area contributed by atoms with Gasteiger partial charge >= 0.3 is 0 Å². The fraction of sp³-hybridized carbons (Fsp3) is 0.333. The molecule has 4 rings (SSSR count). The molecule has 0 aliphatic carbocycles. The van der Waals surface area contributed by atoms with Crippen LogP contribution in [0.25, 0.3) is 0 Å². The van der Waals surface area contributed by atoms with Crippen LogP contribution in [0.15, 0.2) is 71.6 Å². The van der Waals surface area contributed by atoms with Gasteiger partial charge in [0, 0.05) is 18.7 Å². The Balaban J connectivity index is 1.71. The van der Waals surface area contributed by atoms with E-state index < -0.39 is 46.1 Å². The normalized spacial score (nSPS) is 14.0. The summed E-state index contributed by atoms with van der Waals surface area (Å²) in [5.74, 6) is -1.56. The van der Waals surface area contributed by atoms with Crippen molar-refractivity contribution in [1.82, 2.24) is 10.2 Å². The molecule has 0 fully saturated rings. The topological polar surface area (TPSA) is 105 Å². The first-order valence-electron chi connectivity index (χ1n) is 13.5. The molecular formula is C30H33F2N3O6S. The number of carbonyl (C=O) groups excluding carboxylic acids is 2. The number of fused-ring (bicyclic) bond motifs is 1. The van der Waals surface area contributed by atoms with Gasteiger partial charge < -0.3 is 19.7 Å². The van der Waals surface area contributed by atoms with Gasteiger partial charge in [0.15, 0.2) is 11.5 Å². The Morgan fingerprint density at radius 1 is 0.905 bits per heavy atom. The lowest BCUT2D eigenvalue weighted by Crippen LogP contribution is -2.52. The Morgan fingerprint density at radius 3 is 2.12 bits per heavy atom. The quantitative estimate of drug-likeness (QED) is 0.352. The predicted molar refractivity (Wildman–Crippen MR) is 153 cm³/mol. The van der Waals surface area contributed by atoms with Crippen molar-refractivity contribution >= 4 is 27.5 Å². The third-order valence-corrected chi connectivity index (χ3v) is 8.70. The molecule has 0 radical (unpaired) electrons. The summed E-state index contributed by atoms with van der Waals surface area (Å²) in [6.45, 7) is 5.04. The number of halogens is 2. The number of amides is 2. The zero-order chi connectivity index (χ0) is 30.4. The van der Waals surface area contributed by atoms with Crippen LogP contribution in [0.3, 0.4) is 0 Å². The largest absolute Gasteiger partial charge is 0.486 e. The number of nitrogens with one attached hydrogen (secondary N) is 1. The Bertz CT molecular complexity index is 1520. The van der Waals surface area contributed by atoms with Crippen LogP contribution in [0.4, 0.5) is 14.5 Å². The van der Waals surface area contributed by atoms with E-state index >= 15 is 0 Å². The average molecular weight is 602 g/mol. The second-order valence-electron chi connectivity index (χ2n) is 9.94. The van der Waals surface area contributed by atoms with Crippen LogP contribution in [-0.2, 0) is 26.2 Å². The first-order valence-corrected chi connectivity index (χ1v) is 15.0. The molecular weight excluding hydrogens is 568 g/mol. The lowest BCUT2D eigenvalue weighted by molar-refractivity contribution is -0.139. The Hall–Kier alpha value is -4.19. The van der Waals surface area contributed by atoms with E-state index in [1.165, 1.54) is 66.4 Å². The van der Waals surface area contributed by atoms with Gasteiger partial charge in [-0.15, -0.1) is 0 Å². The van der Waals surface area contributed by atoms with Crippen molar-refractivity contribution in [2.75, 3.05) is 24.1 Å². The molecule has 1 N–H and O–H groups in total. The van der Waals surface area contributed by atoms with E-state index in [0.717, 1.165) is 16.4 Å². The van der Waals surface area contributed by atoms with Crippen molar-refractivity contribution in [3.05, 3.63) is 83.9 Å². The number of ether oxygens (including phenoxy) is 2. The minimum atomic E-state index is -4.40. The second kappa shape index (κ2) is 13.2. The van der Waals surface area contributed by atoms with E-state index in [1.807, 2.05) is 13.8 Å². The molecule has 42 heavy (non-hydrogen) atoms. The smallest absolute Gasteiger partial charge is 0.264 e. The zero-order valence-corrected chi connectivity index (χ0v) is 24.4. The first-order chi connectivity index (χ1) is 20.0. The molecule has 224 valence electrons. The highest BCUT2D eigenvalue weighted by molar-refractivity contribution is 7.92. The maximum Gasteiger partial charge on any atom is 0.264 e. The maximum atomic E-state index is 14.0. The molecule has 2 amide bonds. The molecule has 3 aromatic rings. The molecule has 0 saturated heterocycles. The summed E-state index contributed by atoms with van der Waals surface area (Å²) >= 11 is 0. The maximum absolute atomic E-state index is 14.0. The lowest BCUT2D eigenvalue weighted by Gasteiger charge is -2.32. The van der Waals surface area contributed by atoms with Crippen LogP contribution in [0.5, 0.6) is 11.5 Å². The van der Waals surface area contributed by atoms with E-state index in [-0.39, 0.29) is 35.5 Å². The summed E-state index contributed by atoms with van der Waals surface area (Å²) in [6.07, 6.45) is 0.663. The van der Waals surface area contributed by atoms with Gasteiger partial charge in [-0.3, -0.25) is 13.9 Å². The fourth-order valence-corrected chi connectivity index (χ4v) is 5.71. The van der Waals surface area contributed by atoms with Crippen LogP contribution in [0.2, 0.25) is 0 Å². The van der Waals surface area contributed by atoms with Crippen LogP contribution >= 0.6 is 0 Å². The number of rotatable bonds is 11. The number of hydrogen-bond acceptors (Lipinski definition) is 6. The lowest BCUT2D eigenvalue weighted by atomic mass is 10.1. The molecule has 0 spiro atoms. The Kier molecular flexibility index (Phi) is 9.66. The van der Waals surface area contributed by atoms with Gasteiger partial charge in [0.1, 0.15) is 37.4 Å². The van der Waals surface area contributed by atoms with Gasteiger partial charge in [-0.25, -0.2) is 17.2 Å². The molecule has 0 aromatic heterocycles. The third kappa shape index (κ3) is 7.17. The van der Waals surface area contributed by atoms with Gasteiger partial charge in [-0.2, -0.15) is 0 Å². The molecule has 1 aliphatic heterocycles. The minimum absolute atomic E-state index is 0.0399. The second-order valence-corrected chi connectivity index (χ2v) is 11.8. The van der Waals surface area contributed by atoms with Gasteiger partial charge in [0.05, 0.1) is 10.6 Å². The number of nitrogens with zero attached hydrogens (tertiary/aromatic N) is 2. The first kappa shape index (κ1) is 30.8. The molecule has 1 aliphatic rings. The van der Waals surface area contributed by atoms with Crippen molar-refractivity contribution in [2.24, 2.45) is 0 Å². The molecule has 0 unspecified atom stereocenters. The van der Waals surface area contributed by atoms with E-state index in [9.17, 15) is 26.8 Å². The number of anilines is 1. The number of sulfonamides is 1. The van der Waals surface area contributed by atoms with Crippen molar-refractivity contribution in [3.8, 4) is 11.5 Å². The highest BCUT2D eigenvalue weighted by atomic mass is 32.2. The molecule has 0 bridgehead atoms. The monoisotopic (exact) mass is 601 g/mol. The van der Waals surface area contributed by atoms with Crippen LogP contribution in [0, 0.1) is 11.6 Å². The van der Waals surface area contributed by atoms with E-state index in [2.05, 4.69) is 5.32 Å². The van der Waals surface area contributed by atoms with Gasteiger partial charge in [0.2, 0.25) is 11.8 Å². The summed E-state index contributed by atoms with van der Waals surface area (Å²) in [5.41, 5.74) is 0.578. The summed E-state index contributed by atoms with van der Waals surface area (Å²) in [4.78, 5) is 28.1. The van der Waals surface area contributed by atoms with Gasteiger partial charge in [-0.05, 0) is 74.4 Å². The number of hydrogen-bond donors (Lipinski definition) is 1. The highest BCUT2D eigenvalue weighted by Crippen LogP contribution is 2.34. The Labute approximate surface area is 244 Å². The molecule has 3 aromatic carbocycles. The Morgan fingerprint density at radius 2 is 1.50 bits per heavy atom. The molecule has 2 atom stereocenters. The van der Waals surface area contributed by atoms with E-state index in [1.54, 1.807) is 0 Å². The summed E-state index contributed by atoms with van der Waals surface area (Å²) in [5, 5.41) is 2.84.